The lowest BCUT2D eigenvalue weighted by atomic mass is 10.1. The molecule has 0 aliphatic heterocycles. The van der Waals surface area contributed by atoms with Crippen LogP contribution in [-0.4, -0.2) is 19.2 Å². The van der Waals surface area contributed by atoms with E-state index in [4.69, 9.17) is 14.2 Å². The number of ether oxygens (including phenoxy) is 3. The molecule has 0 saturated heterocycles. The largest absolute Gasteiger partial charge is 0.497 e. The van der Waals surface area contributed by atoms with E-state index in [0.29, 0.717) is 19.8 Å². The van der Waals surface area contributed by atoms with Crippen LogP contribution in [0.15, 0.2) is 66.9 Å². The molecule has 0 radical (unpaired) electrons. The van der Waals surface area contributed by atoms with Gasteiger partial charge in [0, 0.05) is 32.0 Å². The van der Waals surface area contributed by atoms with Crippen LogP contribution < -0.4 is 14.8 Å². The Morgan fingerprint density at radius 1 is 0.857 bits per heavy atom. The minimum absolute atomic E-state index is 0.432. The normalized spacial score (nSPS) is 10.6. The van der Waals surface area contributed by atoms with E-state index in [9.17, 15) is 0 Å². The van der Waals surface area contributed by atoms with Crippen molar-refractivity contribution in [2.24, 2.45) is 0 Å². The molecule has 5 heteroatoms. The van der Waals surface area contributed by atoms with Gasteiger partial charge in [-0.1, -0.05) is 30.3 Å². The van der Waals surface area contributed by atoms with E-state index in [-0.39, 0.29) is 0 Å². The molecule has 0 bridgehead atoms. The molecule has 3 rings (SSSR count). The second-order valence-corrected chi connectivity index (χ2v) is 6.44. The van der Waals surface area contributed by atoms with Crippen LogP contribution in [0, 0.1) is 0 Å². The Kier molecular flexibility index (Phi) is 7.41. The van der Waals surface area contributed by atoms with Crippen molar-refractivity contribution in [3.8, 4) is 11.5 Å². The van der Waals surface area contributed by atoms with Crippen LogP contribution in [0.2, 0.25) is 0 Å². The molecule has 0 aliphatic rings. The maximum Gasteiger partial charge on any atom is 0.130 e. The Labute approximate surface area is 166 Å². The van der Waals surface area contributed by atoms with Gasteiger partial charge in [0.15, 0.2) is 0 Å². The number of nitrogens with one attached hydrogen (secondary N) is 1. The number of benzene rings is 2. The van der Waals surface area contributed by atoms with E-state index < -0.39 is 0 Å². The van der Waals surface area contributed by atoms with Gasteiger partial charge in [-0.05, 0) is 41.5 Å². The first-order valence-corrected chi connectivity index (χ1v) is 9.25. The second kappa shape index (κ2) is 10.4. The molecule has 0 unspecified atom stereocenters. The third kappa shape index (κ3) is 5.81. The third-order valence-electron chi connectivity index (χ3n) is 4.35. The predicted octanol–water partition coefficient (Wildman–Crippen LogP) is 4.11. The van der Waals surface area contributed by atoms with E-state index in [1.54, 1.807) is 20.4 Å². The lowest BCUT2D eigenvalue weighted by Gasteiger charge is -2.14. The molecule has 0 aliphatic carbocycles. The average molecular weight is 378 g/mol. The zero-order chi connectivity index (χ0) is 19.6. The Hall–Kier alpha value is -2.89. The fraction of sp³-hybridized carbons (Fsp3) is 0.261. The summed E-state index contributed by atoms with van der Waals surface area (Å²) < 4.78 is 16.5. The molecule has 2 aromatic carbocycles. The summed E-state index contributed by atoms with van der Waals surface area (Å²) in [7, 11) is 3.37. The molecule has 0 atom stereocenters. The van der Waals surface area contributed by atoms with Crippen molar-refractivity contribution in [2.45, 2.75) is 26.3 Å². The topological polar surface area (TPSA) is 52.6 Å². The zero-order valence-electron chi connectivity index (χ0n) is 16.4. The number of rotatable bonds is 10. The average Bonchev–Trinajstić information content (AvgIpc) is 2.75. The summed E-state index contributed by atoms with van der Waals surface area (Å²) in [4.78, 5) is 4.31. The quantitative estimate of drug-likeness (QED) is 0.575. The molecule has 5 nitrogen and oxygen atoms in total. The summed E-state index contributed by atoms with van der Waals surface area (Å²) in [5.74, 6) is 1.64. The monoisotopic (exact) mass is 378 g/mol. The summed E-state index contributed by atoms with van der Waals surface area (Å²) in [5, 5.41) is 3.48. The van der Waals surface area contributed by atoms with Crippen LogP contribution >= 0.6 is 0 Å². The number of methoxy groups -OCH3 is 2. The van der Waals surface area contributed by atoms with Crippen molar-refractivity contribution in [1.29, 1.82) is 0 Å². The molecule has 28 heavy (non-hydrogen) atoms. The van der Waals surface area contributed by atoms with Gasteiger partial charge in [0.05, 0.1) is 19.4 Å². The van der Waals surface area contributed by atoms with Gasteiger partial charge < -0.3 is 19.5 Å². The van der Waals surface area contributed by atoms with Gasteiger partial charge in [-0.3, -0.25) is 4.98 Å². The molecule has 0 fully saturated rings. The molecule has 1 aromatic heterocycles. The van der Waals surface area contributed by atoms with Crippen LogP contribution in [0.1, 0.15) is 22.4 Å². The summed E-state index contributed by atoms with van der Waals surface area (Å²) in [6, 6.07) is 20.1. The smallest absolute Gasteiger partial charge is 0.130 e. The third-order valence-corrected chi connectivity index (χ3v) is 4.35. The standard InChI is InChI=1S/C23H26N2O3/c1-26-16-19-8-6-18(7-9-19)14-24-15-20-13-22(27-2)10-11-23(20)28-17-21-5-3-4-12-25-21/h3-13,24H,14-17H2,1-2H3. The first kappa shape index (κ1) is 19.9. The fourth-order valence-corrected chi connectivity index (χ4v) is 2.86. The van der Waals surface area contributed by atoms with E-state index in [1.165, 1.54) is 11.1 Å². The van der Waals surface area contributed by atoms with Gasteiger partial charge in [0.25, 0.3) is 0 Å². The number of hydrogen-bond donors (Lipinski definition) is 1. The molecule has 0 spiro atoms. The van der Waals surface area contributed by atoms with Crippen molar-refractivity contribution < 1.29 is 14.2 Å². The minimum atomic E-state index is 0.432. The van der Waals surface area contributed by atoms with Crippen LogP contribution in [-0.2, 0) is 31.0 Å². The molecule has 0 saturated carbocycles. The first-order valence-electron chi connectivity index (χ1n) is 9.25. The molecular weight excluding hydrogens is 352 g/mol. The SMILES string of the molecule is COCc1ccc(CNCc2cc(OC)ccc2OCc2ccccn2)cc1. The highest BCUT2D eigenvalue weighted by Gasteiger charge is 2.07. The van der Waals surface area contributed by atoms with E-state index in [2.05, 4.69) is 34.6 Å². The van der Waals surface area contributed by atoms with Crippen LogP contribution in [0.5, 0.6) is 11.5 Å². The maximum absolute atomic E-state index is 6.00. The highest BCUT2D eigenvalue weighted by Crippen LogP contribution is 2.25. The lowest BCUT2D eigenvalue weighted by molar-refractivity contribution is 0.185. The minimum Gasteiger partial charge on any atom is -0.497 e. The van der Waals surface area contributed by atoms with Crippen molar-refractivity contribution in [3.05, 3.63) is 89.2 Å². The molecular formula is C23H26N2O3. The molecule has 0 amide bonds. The Morgan fingerprint density at radius 2 is 1.68 bits per heavy atom. The van der Waals surface area contributed by atoms with E-state index in [0.717, 1.165) is 29.3 Å². The van der Waals surface area contributed by atoms with Crippen molar-refractivity contribution >= 4 is 0 Å². The summed E-state index contributed by atoms with van der Waals surface area (Å²) in [6.07, 6.45) is 1.77. The van der Waals surface area contributed by atoms with Gasteiger partial charge >= 0.3 is 0 Å². The van der Waals surface area contributed by atoms with E-state index in [1.807, 2.05) is 36.4 Å². The van der Waals surface area contributed by atoms with E-state index >= 15 is 0 Å². The molecule has 1 N–H and O–H groups in total. The van der Waals surface area contributed by atoms with Gasteiger partial charge in [0.2, 0.25) is 0 Å². The Bertz CT molecular complexity index is 851. The predicted molar refractivity (Wildman–Crippen MR) is 109 cm³/mol. The number of pyridine rings is 1. The van der Waals surface area contributed by atoms with Gasteiger partial charge in [-0.2, -0.15) is 0 Å². The first-order chi connectivity index (χ1) is 13.8. The lowest BCUT2D eigenvalue weighted by Crippen LogP contribution is -2.14. The van der Waals surface area contributed by atoms with Crippen LogP contribution in [0.25, 0.3) is 0 Å². The number of nitrogens with zero attached hydrogens (tertiary/aromatic N) is 1. The molecule has 1 heterocycles. The van der Waals surface area contributed by atoms with Crippen molar-refractivity contribution in [2.75, 3.05) is 14.2 Å². The summed E-state index contributed by atoms with van der Waals surface area (Å²) in [5.41, 5.74) is 4.34. The fourth-order valence-electron chi connectivity index (χ4n) is 2.86. The maximum atomic E-state index is 6.00. The molecule has 3 aromatic rings. The van der Waals surface area contributed by atoms with Crippen LogP contribution in [0.4, 0.5) is 0 Å². The number of aromatic nitrogens is 1. The second-order valence-electron chi connectivity index (χ2n) is 6.44. The Balaban J connectivity index is 1.61. The Morgan fingerprint density at radius 3 is 2.39 bits per heavy atom. The summed E-state index contributed by atoms with van der Waals surface area (Å²) in [6.45, 7) is 2.51. The van der Waals surface area contributed by atoms with Gasteiger partial charge in [0.1, 0.15) is 18.1 Å². The number of hydrogen-bond acceptors (Lipinski definition) is 5. The highest BCUT2D eigenvalue weighted by atomic mass is 16.5. The highest BCUT2D eigenvalue weighted by molar-refractivity contribution is 5.40. The van der Waals surface area contributed by atoms with Crippen molar-refractivity contribution in [1.82, 2.24) is 10.3 Å². The molecule has 146 valence electrons. The van der Waals surface area contributed by atoms with Crippen molar-refractivity contribution in [3.63, 3.8) is 0 Å². The zero-order valence-corrected chi connectivity index (χ0v) is 16.4. The summed E-state index contributed by atoms with van der Waals surface area (Å²) >= 11 is 0. The van der Waals surface area contributed by atoms with Crippen LogP contribution in [0.3, 0.4) is 0 Å². The van der Waals surface area contributed by atoms with Gasteiger partial charge in [-0.15, -0.1) is 0 Å². The van der Waals surface area contributed by atoms with Gasteiger partial charge in [-0.25, -0.2) is 0 Å².